The number of alkyl halides is 2. The largest absolute Gasteiger partial charge is 0.382 e. The van der Waals surface area contributed by atoms with E-state index in [0.29, 0.717) is 5.69 Å². The average molecular weight is 279 g/mol. The minimum absolute atomic E-state index is 0.0858. The molecule has 18 heavy (non-hydrogen) atoms. The van der Waals surface area contributed by atoms with Crippen molar-refractivity contribution < 1.29 is 21.9 Å². The monoisotopic (exact) mass is 279 g/mol. The van der Waals surface area contributed by atoms with Crippen LogP contribution >= 0.6 is 0 Å². The number of sulfone groups is 1. The summed E-state index contributed by atoms with van der Waals surface area (Å²) in [5.74, 6) is 0. The fraction of sp³-hybridized carbons (Fsp3) is 0.455. The van der Waals surface area contributed by atoms with E-state index in [4.69, 9.17) is 0 Å². The molecule has 0 amide bonds. The van der Waals surface area contributed by atoms with Crippen LogP contribution in [0.1, 0.15) is 0 Å². The molecule has 1 N–H and O–H groups in total. The summed E-state index contributed by atoms with van der Waals surface area (Å²) in [4.78, 5) is 0.179. The zero-order valence-corrected chi connectivity index (χ0v) is 10.7. The van der Waals surface area contributed by atoms with Crippen LogP contribution < -0.4 is 5.32 Å². The summed E-state index contributed by atoms with van der Waals surface area (Å²) in [5.41, 5.74) is 0.445. The summed E-state index contributed by atoms with van der Waals surface area (Å²) >= 11 is 0. The SMILES string of the molecule is CS(=O)(=O)c1ccccc1NCCOCC(F)F. The maximum Gasteiger partial charge on any atom is 0.261 e. The molecule has 4 nitrogen and oxygen atoms in total. The Balaban J connectivity index is 2.53. The lowest BCUT2D eigenvalue weighted by Crippen LogP contribution is -2.14. The van der Waals surface area contributed by atoms with E-state index in [-0.39, 0.29) is 18.0 Å². The second kappa shape index (κ2) is 6.65. The Bertz CT molecular complexity index is 477. The lowest BCUT2D eigenvalue weighted by atomic mass is 10.3. The van der Waals surface area contributed by atoms with Crippen molar-refractivity contribution in [1.82, 2.24) is 0 Å². The minimum Gasteiger partial charge on any atom is -0.382 e. The molecular weight excluding hydrogens is 264 g/mol. The minimum atomic E-state index is -3.31. The van der Waals surface area contributed by atoms with Gasteiger partial charge in [-0.3, -0.25) is 0 Å². The third kappa shape index (κ3) is 4.97. The van der Waals surface area contributed by atoms with Crippen LogP contribution in [0.15, 0.2) is 29.2 Å². The van der Waals surface area contributed by atoms with Gasteiger partial charge in [-0.15, -0.1) is 0 Å². The van der Waals surface area contributed by atoms with Crippen LogP contribution in [0.2, 0.25) is 0 Å². The maximum absolute atomic E-state index is 11.8. The summed E-state index contributed by atoms with van der Waals surface area (Å²) in [6.07, 6.45) is -1.38. The summed E-state index contributed by atoms with van der Waals surface area (Å²) < 4.78 is 51.2. The zero-order chi connectivity index (χ0) is 13.6. The molecule has 0 unspecified atom stereocenters. The predicted octanol–water partition coefficient (Wildman–Crippen LogP) is 1.78. The summed E-state index contributed by atoms with van der Waals surface area (Å²) in [7, 11) is -3.31. The Labute approximate surface area is 105 Å². The van der Waals surface area contributed by atoms with Crippen molar-refractivity contribution >= 4 is 15.5 Å². The number of rotatable bonds is 7. The van der Waals surface area contributed by atoms with E-state index in [2.05, 4.69) is 10.1 Å². The molecule has 0 aliphatic rings. The highest BCUT2D eigenvalue weighted by Crippen LogP contribution is 2.19. The first-order valence-corrected chi connectivity index (χ1v) is 7.19. The molecule has 0 atom stereocenters. The number of nitrogens with one attached hydrogen (secondary N) is 1. The van der Waals surface area contributed by atoms with Gasteiger partial charge in [0.25, 0.3) is 6.43 Å². The van der Waals surface area contributed by atoms with Gasteiger partial charge in [0, 0.05) is 12.8 Å². The molecule has 0 radical (unpaired) electrons. The number of anilines is 1. The third-order valence-corrected chi connectivity index (χ3v) is 3.25. The van der Waals surface area contributed by atoms with Crippen molar-refractivity contribution in [3.8, 4) is 0 Å². The Morgan fingerprint density at radius 1 is 1.33 bits per heavy atom. The quantitative estimate of drug-likeness (QED) is 0.773. The summed E-state index contributed by atoms with van der Waals surface area (Å²) in [6, 6.07) is 6.41. The second-order valence-electron chi connectivity index (χ2n) is 3.66. The molecule has 0 aliphatic carbocycles. The first-order chi connectivity index (χ1) is 8.41. The molecule has 0 aromatic heterocycles. The van der Waals surface area contributed by atoms with Crippen molar-refractivity contribution in [1.29, 1.82) is 0 Å². The van der Waals surface area contributed by atoms with Gasteiger partial charge >= 0.3 is 0 Å². The number of benzene rings is 1. The highest BCUT2D eigenvalue weighted by atomic mass is 32.2. The van der Waals surface area contributed by atoms with Crippen LogP contribution in [0.5, 0.6) is 0 Å². The topological polar surface area (TPSA) is 55.4 Å². The van der Waals surface area contributed by atoms with Gasteiger partial charge < -0.3 is 10.1 Å². The normalized spacial score (nSPS) is 11.8. The van der Waals surface area contributed by atoms with Crippen LogP contribution in [0, 0.1) is 0 Å². The van der Waals surface area contributed by atoms with Crippen molar-refractivity contribution in [2.75, 3.05) is 31.3 Å². The Kier molecular flexibility index (Phi) is 5.49. The molecule has 0 saturated heterocycles. The van der Waals surface area contributed by atoms with E-state index in [0.717, 1.165) is 6.26 Å². The van der Waals surface area contributed by atoms with Gasteiger partial charge in [-0.1, -0.05) is 12.1 Å². The molecule has 0 bridgehead atoms. The first kappa shape index (κ1) is 14.8. The van der Waals surface area contributed by atoms with Crippen molar-refractivity contribution in [3.63, 3.8) is 0 Å². The number of para-hydroxylation sites is 1. The highest BCUT2D eigenvalue weighted by Gasteiger charge is 2.11. The number of halogens is 2. The van der Waals surface area contributed by atoms with Gasteiger partial charge in [0.1, 0.15) is 6.61 Å². The van der Waals surface area contributed by atoms with E-state index < -0.39 is 22.9 Å². The predicted molar refractivity (Wildman–Crippen MR) is 64.9 cm³/mol. The fourth-order valence-corrected chi connectivity index (χ4v) is 2.23. The summed E-state index contributed by atoms with van der Waals surface area (Å²) in [6.45, 7) is -0.267. The van der Waals surface area contributed by atoms with Crippen LogP contribution in [0.3, 0.4) is 0 Å². The summed E-state index contributed by atoms with van der Waals surface area (Å²) in [5, 5.41) is 2.84. The number of ether oxygens (including phenoxy) is 1. The fourth-order valence-electron chi connectivity index (χ4n) is 1.37. The molecule has 1 rings (SSSR count). The smallest absolute Gasteiger partial charge is 0.261 e. The molecule has 0 aliphatic heterocycles. The van der Waals surface area contributed by atoms with E-state index in [1.54, 1.807) is 18.2 Å². The molecule has 1 aromatic carbocycles. The van der Waals surface area contributed by atoms with E-state index in [1.807, 2.05) is 0 Å². The maximum atomic E-state index is 11.8. The molecule has 0 saturated carbocycles. The Morgan fingerprint density at radius 3 is 2.61 bits per heavy atom. The van der Waals surface area contributed by atoms with Crippen molar-refractivity contribution in [2.24, 2.45) is 0 Å². The van der Waals surface area contributed by atoms with Gasteiger partial charge in [-0.2, -0.15) is 0 Å². The standard InChI is InChI=1S/C11H15F2NO3S/c1-18(15,16)10-5-3-2-4-9(10)14-6-7-17-8-11(12)13/h2-5,11,14H,6-8H2,1H3. The highest BCUT2D eigenvalue weighted by molar-refractivity contribution is 7.90. The third-order valence-electron chi connectivity index (χ3n) is 2.09. The van der Waals surface area contributed by atoms with Gasteiger partial charge in [0.15, 0.2) is 9.84 Å². The van der Waals surface area contributed by atoms with Gasteiger partial charge in [0.05, 0.1) is 17.2 Å². The van der Waals surface area contributed by atoms with E-state index in [1.165, 1.54) is 6.07 Å². The average Bonchev–Trinajstić information content (AvgIpc) is 2.27. The molecule has 1 aromatic rings. The van der Waals surface area contributed by atoms with E-state index >= 15 is 0 Å². The van der Waals surface area contributed by atoms with Crippen LogP contribution in [0.4, 0.5) is 14.5 Å². The van der Waals surface area contributed by atoms with Crippen molar-refractivity contribution in [2.45, 2.75) is 11.3 Å². The lowest BCUT2D eigenvalue weighted by molar-refractivity contribution is 0.0215. The number of hydrogen-bond donors (Lipinski definition) is 1. The van der Waals surface area contributed by atoms with Gasteiger partial charge in [0.2, 0.25) is 0 Å². The Hall–Kier alpha value is -1.21. The Morgan fingerprint density at radius 2 is 2.00 bits per heavy atom. The van der Waals surface area contributed by atoms with E-state index in [9.17, 15) is 17.2 Å². The van der Waals surface area contributed by atoms with Crippen molar-refractivity contribution in [3.05, 3.63) is 24.3 Å². The molecule has 0 fully saturated rings. The molecule has 7 heteroatoms. The van der Waals surface area contributed by atoms with Crippen LogP contribution in [-0.2, 0) is 14.6 Å². The van der Waals surface area contributed by atoms with Crippen LogP contribution in [-0.4, -0.2) is 40.9 Å². The molecule has 0 spiro atoms. The second-order valence-corrected chi connectivity index (χ2v) is 5.65. The van der Waals surface area contributed by atoms with Gasteiger partial charge in [-0.05, 0) is 12.1 Å². The molecular formula is C11H15F2NO3S. The van der Waals surface area contributed by atoms with Gasteiger partial charge in [-0.25, -0.2) is 17.2 Å². The first-order valence-electron chi connectivity index (χ1n) is 5.30. The number of hydrogen-bond acceptors (Lipinski definition) is 4. The molecule has 102 valence electrons. The molecule has 0 heterocycles. The van der Waals surface area contributed by atoms with Crippen LogP contribution in [0.25, 0.3) is 0 Å². The zero-order valence-electron chi connectivity index (χ0n) is 9.90. The lowest BCUT2D eigenvalue weighted by Gasteiger charge is -2.10.